The number of rotatable bonds is 17. The first-order valence-corrected chi connectivity index (χ1v) is 12.8. The van der Waals surface area contributed by atoms with Crippen LogP contribution in [0, 0.1) is 5.41 Å². The monoisotopic (exact) mass is 499 g/mol. The van der Waals surface area contributed by atoms with Gasteiger partial charge in [-0.25, -0.2) is 0 Å². The number of amides is 1. The summed E-state index contributed by atoms with van der Waals surface area (Å²) < 4.78 is 2.97. The lowest BCUT2D eigenvalue weighted by Crippen LogP contribution is -2.47. The zero-order valence-electron chi connectivity index (χ0n) is 20.3. The van der Waals surface area contributed by atoms with E-state index in [4.69, 9.17) is 27.9 Å². The molecule has 0 radical (unpaired) electrons. The number of hydrogen-bond acceptors (Lipinski definition) is 4. The van der Waals surface area contributed by atoms with Crippen LogP contribution in [-0.4, -0.2) is 28.6 Å². The van der Waals surface area contributed by atoms with Gasteiger partial charge in [-0.2, -0.15) is 0 Å². The van der Waals surface area contributed by atoms with Crippen LogP contribution in [0.5, 0.6) is 0 Å². The highest BCUT2D eigenvalue weighted by molar-refractivity contribution is 6.69. The van der Waals surface area contributed by atoms with Crippen molar-refractivity contribution in [3.63, 3.8) is 0 Å². The van der Waals surface area contributed by atoms with Gasteiger partial charge in [0, 0.05) is 11.1 Å². The van der Waals surface area contributed by atoms with Gasteiger partial charge >= 0.3 is 5.97 Å². The molecule has 186 valence electrons. The van der Waals surface area contributed by atoms with Crippen molar-refractivity contribution >= 4 is 46.5 Å². The molecule has 0 saturated carbocycles. The number of hydrogen-bond donors (Lipinski definition) is 1. The fourth-order valence-corrected chi connectivity index (χ4v) is 4.13. The summed E-state index contributed by atoms with van der Waals surface area (Å²) in [5, 5.41) is 2.52. The Bertz CT molecular complexity index is 735. The van der Waals surface area contributed by atoms with Crippen molar-refractivity contribution in [2.24, 2.45) is 5.41 Å². The molecule has 1 N–H and O–H groups in total. The van der Waals surface area contributed by atoms with Crippen molar-refractivity contribution in [3.05, 3.63) is 30.3 Å². The van der Waals surface area contributed by atoms with Crippen LogP contribution in [0.4, 0.5) is 5.69 Å². The van der Waals surface area contributed by atoms with E-state index >= 15 is 0 Å². The highest BCUT2D eigenvalue weighted by atomic mass is 35.5. The number of anilines is 1. The molecule has 0 spiro atoms. The van der Waals surface area contributed by atoms with Crippen LogP contribution in [0.15, 0.2) is 30.3 Å². The maximum absolute atomic E-state index is 12.9. The smallest absolute Gasteiger partial charge is 0.306 e. The Morgan fingerprint density at radius 1 is 0.848 bits per heavy atom. The van der Waals surface area contributed by atoms with Gasteiger partial charge in [0.05, 0.1) is 13.0 Å². The lowest BCUT2D eigenvalue weighted by molar-refractivity contribution is -0.149. The Hall–Kier alpha value is -1.59. The highest BCUT2D eigenvalue weighted by Crippen LogP contribution is 2.35. The van der Waals surface area contributed by atoms with Crippen LogP contribution >= 0.6 is 23.2 Å². The first-order valence-electron chi connectivity index (χ1n) is 12.1. The van der Waals surface area contributed by atoms with E-state index in [1.807, 2.05) is 0 Å². The van der Waals surface area contributed by atoms with Crippen LogP contribution < -0.4 is 5.32 Å². The fraction of sp³-hybridized carbons (Fsp3) is 0.654. The molecular weight excluding hydrogens is 461 g/mol. The van der Waals surface area contributed by atoms with E-state index in [1.54, 1.807) is 30.3 Å². The number of halogens is 2. The summed E-state index contributed by atoms with van der Waals surface area (Å²) in [6.45, 7) is 5.61. The van der Waals surface area contributed by atoms with Crippen LogP contribution in [0.2, 0.25) is 0 Å². The molecule has 0 bridgehead atoms. The van der Waals surface area contributed by atoms with Gasteiger partial charge in [-0.15, -0.1) is 0 Å². The Kier molecular flexibility index (Phi) is 13.7. The number of alkyl halides is 2. The van der Waals surface area contributed by atoms with Crippen molar-refractivity contribution in [1.82, 2.24) is 0 Å². The quantitative estimate of drug-likeness (QED) is 0.106. The molecule has 0 atom stereocenters. The highest BCUT2D eigenvalue weighted by Gasteiger charge is 2.49. The SMILES string of the molecule is CCCCCCCCCCCCOC(=O)CC(C)(C)C(=O)C(Cl)(Cl)C(=O)Nc1ccccc1. The van der Waals surface area contributed by atoms with Crippen molar-refractivity contribution in [1.29, 1.82) is 0 Å². The number of unbranched alkanes of at least 4 members (excludes halogenated alkanes) is 9. The Labute approximate surface area is 208 Å². The summed E-state index contributed by atoms with van der Waals surface area (Å²) in [5.41, 5.74) is -0.790. The molecule has 0 aliphatic heterocycles. The summed E-state index contributed by atoms with van der Waals surface area (Å²) in [6.07, 6.45) is 11.7. The Balaban J connectivity index is 2.32. The van der Waals surface area contributed by atoms with E-state index < -0.39 is 27.4 Å². The van der Waals surface area contributed by atoms with Gasteiger partial charge in [0.2, 0.25) is 0 Å². The van der Waals surface area contributed by atoms with Gasteiger partial charge in [0.15, 0.2) is 5.78 Å². The van der Waals surface area contributed by atoms with Crippen molar-refractivity contribution in [2.75, 3.05) is 11.9 Å². The molecule has 0 saturated heterocycles. The third-order valence-corrected chi connectivity index (χ3v) is 6.25. The number of Topliss-reactive ketones (excluding diaryl/α,β-unsaturated/α-hetero) is 1. The second-order valence-electron chi connectivity index (χ2n) is 9.19. The van der Waals surface area contributed by atoms with E-state index in [-0.39, 0.29) is 6.42 Å². The Morgan fingerprint density at radius 3 is 1.91 bits per heavy atom. The molecule has 1 aromatic rings. The van der Waals surface area contributed by atoms with Crippen molar-refractivity contribution < 1.29 is 19.1 Å². The molecule has 0 heterocycles. The maximum atomic E-state index is 12.9. The largest absolute Gasteiger partial charge is 0.466 e. The molecule has 7 heteroatoms. The van der Waals surface area contributed by atoms with Crippen molar-refractivity contribution in [2.45, 2.75) is 95.7 Å². The molecule has 0 fully saturated rings. The third-order valence-electron chi connectivity index (χ3n) is 5.56. The molecular formula is C26H39Cl2NO4. The summed E-state index contributed by atoms with van der Waals surface area (Å²) in [6, 6.07) is 8.57. The first kappa shape index (κ1) is 29.4. The molecule has 0 unspecified atom stereocenters. The van der Waals surface area contributed by atoms with Crippen LogP contribution in [0.25, 0.3) is 0 Å². The lowest BCUT2D eigenvalue weighted by atomic mass is 9.82. The van der Waals surface area contributed by atoms with E-state index in [2.05, 4.69) is 12.2 Å². The molecule has 1 amide bonds. The number of carbonyl (C=O) groups is 3. The number of benzene rings is 1. The van der Waals surface area contributed by atoms with Gasteiger partial charge in [-0.05, 0) is 18.6 Å². The average Bonchev–Trinajstić information content (AvgIpc) is 2.77. The van der Waals surface area contributed by atoms with Gasteiger partial charge < -0.3 is 10.1 Å². The lowest BCUT2D eigenvalue weighted by Gasteiger charge is -2.28. The number of esters is 1. The van der Waals surface area contributed by atoms with E-state index in [0.29, 0.717) is 12.3 Å². The molecule has 5 nitrogen and oxygen atoms in total. The summed E-state index contributed by atoms with van der Waals surface area (Å²) in [7, 11) is 0. The first-order chi connectivity index (χ1) is 15.6. The minimum Gasteiger partial charge on any atom is -0.466 e. The molecule has 0 aromatic heterocycles. The molecule has 1 rings (SSSR count). The molecule has 0 aliphatic rings. The van der Waals surface area contributed by atoms with Gasteiger partial charge in [0.25, 0.3) is 10.2 Å². The zero-order valence-corrected chi connectivity index (χ0v) is 21.8. The summed E-state index contributed by atoms with van der Waals surface area (Å²) in [5.74, 6) is -2.10. The van der Waals surface area contributed by atoms with E-state index in [1.165, 1.54) is 58.8 Å². The standard InChI is InChI=1S/C26H39Cl2NO4/c1-4-5-6-7-8-9-10-11-12-16-19-33-22(30)20-25(2,3)23(31)26(27,28)24(32)29-21-17-14-13-15-18-21/h13-15,17-18H,4-12,16,19-20H2,1-3H3,(H,29,32). The maximum Gasteiger partial charge on any atom is 0.306 e. The Morgan fingerprint density at radius 2 is 1.36 bits per heavy atom. The fourth-order valence-electron chi connectivity index (χ4n) is 3.53. The number of ether oxygens (including phenoxy) is 1. The summed E-state index contributed by atoms with van der Waals surface area (Å²) >= 11 is 12.3. The molecule has 0 aliphatic carbocycles. The number of nitrogens with one attached hydrogen (secondary N) is 1. The number of para-hydroxylation sites is 1. The zero-order chi connectivity index (χ0) is 24.7. The normalized spacial score (nSPS) is 11.8. The minimum absolute atomic E-state index is 0.205. The van der Waals surface area contributed by atoms with Crippen LogP contribution in [0.1, 0.15) is 91.4 Å². The topological polar surface area (TPSA) is 72.5 Å². The second-order valence-corrected chi connectivity index (χ2v) is 10.5. The minimum atomic E-state index is -2.32. The number of ketones is 1. The molecule has 33 heavy (non-hydrogen) atoms. The van der Waals surface area contributed by atoms with Gasteiger partial charge in [0.1, 0.15) is 0 Å². The predicted octanol–water partition coefficient (Wildman–Crippen LogP) is 7.25. The molecule has 1 aromatic carbocycles. The van der Waals surface area contributed by atoms with E-state index in [9.17, 15) is 14.4 Å². The third kappa shape index (κ3) is 11.4. The van der Waals surface area contributed by atoms with Crippen LogP contribution in [0.3, 0.4) is 0 Å². The number of carbonyl (C=O) groups excluding carboxylic acids is 3. The summed E-state index contributed by atoms with van der Waals surface area (Å²) in [4.78, 5) is 37.6. The van der Waals surface area contributed by atoms with Crippen molar-refractivity contribution in [3.8, 4) is 0 Å². The predicted molar refractivity (Wildman–Crippen MR) is 136 cm³/mol. The second kappa shape index (κ2) is 15.3. The van der Waals surface area contributed by atoms with Gasteiger partial charge in [-0.1, -0.05) is 120 Å². The van der Waals surface area contributed by atoms with Crippen LogP contribution in [-0.2, 0) is 19.1 Å². The average molecular weight is 501 g/mol. The van der Waals surface area contributed by atoms with Gasteiger partial charge in [-0.3, -0.25) is 14.4 Å². The van der Waals surface area contributed by atoms with E-state index in [0.717, 1.165) is 19.3 Å².